The Morgan fingerprint density at radius 2 is 2.20 bits per heavy atom. The van der Waals surface area contributed by atoms with Gasteiger partial charge in [0.05, 0.1) is 11.3 Å². The molecular weight excluding hydrogens is 215 g/mol. The van der Waals surface area contributed by atoms with Crippen molar-refractivity contribution in [1.29, 1.82) is 0 Å². The van der Waals surface area contributed by atoms with E-state index in [0.717, 1.165) is 10.9 Å². The average molecular weight is 223 g/mol. The quantitative estimate of drug-likeness (QED) is 0.582. The molecule has 0 fully saturated rings. The highest BCUT2D eigenvalue weighted by molar-refractivity contribution is 5.30. The molecule has 0 radical (unpaired) electrons. The number of halogens is 3. The number of aryl methyl sites for hydroxylation is 2. The molecule has 0 aromatic carbocycles. The van der Waals surface area contributed by atoms with Gasteiger partial charge in [-0.15, -0.1) is 0 Å². The summed E-state index contributed by atoms with van der Waals surface area (Å²) in [4.78, 5) is 9.69. The zero-order valence-corrected chi connectivity index (χ0v) is 7.78. The molecular formula is C7H8F3N3O2. The molecule has 0 saturated heterocycles. The predicted molar refractivity (Wildman–Crippen MR) is 44.3 cm³/mol. The van der Waals surface area contributed by atoms with Crippen LogP contribution in [0.15, 0.2) is 6.20 Å². The van der Waals surface area contributed by atoms with Gasteiger partial charge in [0.1, 0.15) is 11.9 Å². The van der Waals surface area contributed by atoms with E-state index in [1.54, 1.807) is 0 Å². The van der Waals surface area contributed by atoms with E-state index in [-0.39, 0.29) is 11.4 Å². The fraction of sp³-hybridized carbons (Fsp3) is 0.571. The van der Waals surface area contributed by atoms with Crippen LogP contribution in [0.1, 0.15) is 12.1 Å². The van der Waals surface area contributed by atoms with Crippen molar-refractivity contribution in [3.05, 3.63) is 22.0 Å². The van der Waals surface area contributed by atoms with Gasteiger partial charge in [-0.25, -0.2) is 0 Å². The van der Waals surface area contributed by atoms with Gasteiger partial charge < -0.3 is 0 Å². The lowest BCUT2D eigenvalue weighted by Crippen LogP contribution is -2.12. The van der Waals surface area contributed by atoms with Gasteiger partial charge in [-0.2, -0.15) is 18.3 Å². The van der Waals surface area contributed by atoms with Crippen LogP contribution in [0.3, 0.4) is 0 Å². The first-order chi connectivity index (χ1) is 6.79. The lowest BCUT2D eigenvalue weighted by atomic mass is 10.4. The molecule has 0 aliphatic heterocycles. The third-order valence-corrected chi connectivity index (χ3v) is 1.74. The zero-order chi connectivity index (χ0) is 11.6. The van der Waals surface area contributed by atoms with E-state index in [2.05, 4.69) is 5.10 Å². The molecule has 0 amide bonds. The van der Waals surface area contributed by atoms with Crippen molar-refractivity contribution in [3.63, 3.8) is 0 Å². The second-order valence-corrected chi connectivity index (χ2v) is 2.99. The van der Waals surface area contributed by atoms with Crippen LogP contribution in [0, 0.1) is 17.0 Å². The Kier molecular flexibility index (Phi) is 2.96. The Bertz CT molecular complexity index is 372. The van der Waals surface area contributed by atoms with E-state index in [0.29, 0.717) is 0 Å². The topological polar surface area (TPSA) is 61.0 Å². The molecule has 0 N–H and O–H groups in total. The Labute approximate surface area is 82.6 Å². The summed E-state index contributed by atoms with van der Waals surface area (Å²) in [7, 11) is 0. The van der Waals surface area contributed by atoms with Crippen LogP contribution in [0.4, 0.5) is 18.9 Å². The summed E-state index contributed by atoms with van der Waals surface area (Å²) < 4.78 is 36.4. The molecule has 1 aromatic rings. The zero-order valence-electron chi connectivity index (χ0n) is 7.78. The molecule has 5 nitrogen and oxygen atoms in total. The predicted octanol–water partition coefficient (Wildman–Crippen LogP) is 2.05. The van der Waals surface area contributed by atoms with Crippen LogP contribution >= 0.6 is 0 Å². The van der Waals surface area contributed by atoms with E-state index >= 15 is 0 Å². The molecule has 1 heterocycles. The van der Waals surface area contributed by atoms with Crippen molar-refractivity contribution < 1.29 is 18.1 Å². The number of nitro groups is 1. The maximum absolute atomic E-state index is 11.8. The Morgan fingerprint density at radius 1 is 1.60 bits per heavy atom. The number of rotatable bonds is 3. The first kappa shape index (κ1) is 11.5. The summed E-state index contributed by atoms with van der Waals surface area (Å²) in [5.41, 5.74) is -0.153. The van der Waals surface area contributed by atoms with Crippen molar-refractivity contribution in [2.24, 2.45) is 0 Å². The van der Waals surface area contributed by atoms with Gasteiger partial charge in [-0.05, 0) is 6.92 Å². The first-order valence-electron chi connectivity index (χ1n) is 4.05. The van der Waals surface area contributed by atoms with Crippen LogP contribution in [-0.2, 0) is 6.54 Å². The highest BCUT2D eigenvalue weighted by Crippen LogP contribution is 2.21. The molecule has 0 bridgehead atoms. The molecule has 0 aliphatic carbocycles. The minimum atomic E-state index is -4.28. The maximum atomic E-state index is 11.8. The molecule has 0 atom stereocenters. The molecule has 0 aliphatic rings. The van der Waals surface area contributed by atoms with Crippen LogP contribution in [0.2, 0.25) is 0 Å². The molecule has 15 heavy (non-hydrogen) atoms. The van der Waals surface area contributed by atoms with Gasteiger partial charge >= 0.3 is 11.9 Å². The number of alkyl halides is 3. The van der Waals surface area contributed by atoms with E-state index in [1.165, 1.54) is 6.92 Å². The number of aromatic nitrogens is 2. The fourth-order valence-electron chi connectivity index (χ4n) is 1.04. The summed E-state index contributed by atoms with van der Waals surface area (Å²) in [6, 6.07) is 0. The third kappa shape index (κ3) is 3.22. The highest BCUT2D eigenvalue weighted by atomic mass is 19.4. The van der Waals surface area contributed by atoms with Gasteiger partial charge in [-0.1, -0.05) is 0 Å². The lowest BCUT2D eigenvalue weighted by molar-refractivity contribution is -0.385. The van der Waals surface area contributed by atoms with Crippen LogP contribution in [-0.4, -0.2) is 20.9 Å². The molecule has 1 rings (SSSR count). The summed E-state index contributed by atoms with van der Waals surface area (Å²) in [6.07, 6.45) is -4.33. The molecule has 8 heteroatoms. The van der Waals surface area contributed by atoms with Crippen molar-refractivity contribution in [2.45, 2.75) is 26.1 Å². The second kappa shape index (κ2) is 3.87. The maximum Gasteiger partial charge on any atom is 0.390 e. The summed E-state index contributed by atoms with van der Waals surface area (Å²) in [5.74, 6) is 0. The fourth-order valence-corrected chi connectivity index (χ4v) is 1.04. The Hall–Kier alpha value is -1.60. The van der Waals surface area contributed by atoms with Gasteiger partial charge in [-0.3, -0.25) is 14.8 Å². The highest BCUT2D eigenvalue weighted by Gasteiger charge is 2.27. The van der Waals surface area contributed by atoms with Crippen molar-refractivity contribution >= 4 is 5.69 Å². The Balaban J connectivity index is 2.72. The standard InChI is InChI=1S/C7H8F3N3O2/c1-5-6(13(14)15)4-12(11-5)3-2-7(8,9)10/h4H,2-3H2,1H3. The van der Waals surface area contributed by atoms with Gasteiger partial charge in [0, 0.05) is 6.54 Å². The van der Waals surface area contributed by atoms with Crippen LogP contribution < -0.4 is 0 Å². The Morgan fingerprint density at radius 3 is 2.60 bits per heavy atom. The lowest BCUT2D eigenvalue weighted by Gasteiger charge is -2.04. The second-order valence-electron chi connectivity index (χ2n) is 2.99. The minimum absolute atomic E-state index is 0.113. The molecule has 0 spiro atoms. The van der Waals surface area contributed by atoms with Crippen molar-refractivity contribution in [1.82, 2.24) is 9.78 Å². The van der Waals surface area contributed by atoms with Crippen molar-refractivity contribution in [3.8, 4) is 0 Å². The largest absolute Gasteiger partial charge is 0.390 e. The van der Waals surface area contributed by atoms with E-state index < -0.39 is 24.1 Å². The van der Waals surface area contributed by atoms with Crippen molar-refractivity contribution in [2.75, 3.05) is 0 Å². The van der Waals surface area contributed by atoms with Crippen LogP contribution in [0.25, 0.3) is 0 Å². The van der Waals surface area contributed by atoms with Gasteiger partial charge in [0.25, 0.3) is 0 Å². The third-order valence-electron chi connectivity index (χ3n) is 1.74. The van der Waals surface area contributed by atoms with E-state index in [4.69, 9.17) is 0 Å². The van der Waals surface area contributed by atoms with Gasteiger partial charge in [0.15, 0.2) is 0 Å². The van der Waals surface area contributed by atoms with E-state index in [1.807, 2.05) is 0 Å². The number of hydrogen-bond acceptors (Lipinski definition) is 3. The SMILES string of the molecule is Cc1nn(CCC(F)(F)F)cc1[N+](=O)[O-]. The van der Waals surface area contributed by atoms with Crippen LogP contribution in [0.5, 0.6) is 0 Å². The average Bonchev–Trinajstić information content (AvgIpc) is 2.42. The number of nitrogens with zero attached hydrogens (tertiary/aromatic N) is 3. The molecule has 0 unspecified atom stereocenters. The molecule has 0 saturated carbocycles. The normalized spacial score (nSPS) is 11.7. The molecule has 84 valence electrons. The number of hydrogen-bond donors (Lipinski definition) is 0. The smallest absolute Gasteiger partial charge is 0.265 e. The minimum Gasteiger partial charge on any atom is -0.265 e. The summed E-state index contributed by atoms with van der Waals surface area (Å²) in [5, 5.41) is 14.0. The van der Waals surface area contributed by atoms with E-state index in [9.17, 15) is 23.3 Å². The summed E-state index contributed by atoms with van der Waals surface area (Å²) in [6.45, 7) is 0.973. The first-order valence-corrected chi connectivity index (χ1v) is 4.05. The summed E-state index contributed by atoms with van der Waals surface area (Å²) >= 11 is 0. The monoisotopic (exact) mass is 223 g/mol. The molecule has 1 aromatic heterocycles. The van der Waals surface area contributed by atoms with Gasteiger partial charge in [0.2, 0.25) is 0 Å².